The van der Waals surface area contributed by atoms with Crippen LogP contribution < -0.4 is 10.2 Å². The molecule has 9 nitrogen and oxygen atoms in total. The van der Waals surface area contributed by atoms with Crippen molar-refractivity contribution in [3.63, 3.8) is 0 Å². The Morgan fingerprint density at radius 2 is 1.92 bits per heavy atom. The lowest BCUT2D eigenvalue weighted by atomic mass is 9.98. The molecule has 25 heavy (non-hydrogen) atoms. The lowest BCUT2D eigenvalue weighted by molar-refractivity contribution is -0.134. The molecule has 2 rings (SSSR count). The van der Waals surface area contributed by atoms with E-state index in [-0.39, 0.29) is 36.9 Å². The molecule has 0 aromatic heterocycles. The summed E-state index contributed by atoms with van der Waals surface area (Å²) in [6.07, 6.45) is -0.125. The van der Waals surface area contributed by atoms with Crippen LogP contribution in [0.3, 0.4) is 0 Å². The van der Waals surface area contributed by atoms with E-state index in [9.17, 15) is 17.4 Å². The Labute approximate surface area is 147 Å². The van der Waals surface area contributed by atoms with Crippen LogP contribution in [-0.2, 0) is 34.6 Å². The zero-order valence-electron chi connectivity index (χ0n) is 13.5. The second-order valence-electron chi connectivity index (χ2n) is 5.26. The second-order valence-corrected chi connectivity index (χ2v) is 8.69. The molecule has 1 aliphatic rings. The van der Waals surface area contributed by atoms with Gasteiger partial charge < -0.3 is 9.47 Å². The van der Waals surface area contributed by atoms with Crippen molar-refractivity contribution >= 4 is 26.8 Å². The summed E-state index contributed by atoms with van der Waals surface area (Å²) in [7, 11) is -2.81. The number of amides is 1. The number of hydrogen-bond acceptors (Lipinski definition) is 8. The molecule has 0 aliphatic carbocycles. The average molecular weight is 393 g/mol. The molecule has 1 aliphatic heterocycles. The number of benzene rings is 1. The van der Waals surface area contributed by atoms with E-state index in [1.807, 2.05) is 0 Å². The molecule has 11 heteroatoms. The van der Waals surface area contributed by atoms with Crippen LogP contribution in [0.2, 0.25) is 0 Å². The van der Waals surface area contributed by atoms with Crippen molar-refractivity contribution in [2.75, 3.05) is 26.3 Å². The largest absolute Gasteiger partial charge is 0.478 e. The first-order valence-electron chi connectivity index (χ1n) is 7.30. The first-order valence-corrected chi connectivity index (χ1v) is 10.0. The molecule has 1 aromatic carbocycles. The number of hydroxylamine groups is 1. The van der Waals surface area contributed by atoms with Gasteiger partial charge in [-0.05, 0) is 37.1 Å². The first-order chi connectivity index (χ1) is 11.9. The standard InChI is InChI=1S/C14H19NO8S2/c1-21-24(18)10-23-11-2-4-12(5-3-11)25(19,20)14(13(16)15-17)6-8-22-9-7-14/h2-5,17H,6-10H2,1H3,(H,15,16). The van der Waals surface area contributed by atoms with Gasteiger partial charge in [0.25, 0.3) is 5.91 Å². The van der Waals surface area contributed by atoms with Gasteiger partial charge in [-0.1, -0.05) is 0 Å². The van der Waals surface area contributed by atoms with Gasteiger partial charge in [-0.2, -0.15) is 0 Å². The maximum atomic E-state index is 13.0. The predicted octanol–water partition coefficient (Wildman–Crippen LogP) is 0.161. The number of hydrogen-bond donors (Lipinski definition) is 2. The van der Waals surface area contributed by atoms with Crippen LogP contribution >= 0.6 is 0 Å². The Morgan fingerprint density at radius 1 is 1.32 bits per heavy atom. The van der Waals surface area contributed by atoms with Crippen LogP contribution in [0, 0.1) is 0 Å². The maximum absolute atomic E-state index is 13.0. The first kappa shape index (κ1) is 19.8. The normalized spacial score (nSPS) is 18.3. The fourth-order valence-electron chi connectivity index (χ4n) is 2.53. The van der Waals surface area contributed by atoms with Crippen molar-refractivity contribution in [3.8, 4) is 5.75 Å². The third-order valence-corrected chi connectivity index (χ3v) is 7.17. The van der Waals surface area contributed by atoms with Gasteiger partial charge in [-0.25, -0.2) is 18.1 Å². The second kappa shape index (κ2) is 8.23. The SMILES string of the molecule is COS(=O)COc1ccc(S(=O)(=O)C2(C(=O)NO)CCOCC2)cc1. The smallest absolute Gasteiger partial charge is 0.265 e. The lowest BCUT2D eigenvalue weighted by Crippen LogP contribution is -2.54. The Kier molecular flexibility index (Phi) is 6.52. The number of nitrogens with one attached hydrogen (secondary N) is 1. The fraction of sp³-hybridized carbons (Fsp3) is 0.500. The fourth-order valence-corrected chi connectivity index (χ4v) is 4.79. The highest BCUT2D eigenvalue weighted by Crippen LogP contribution is 2.35. The molecule has 2 N–H and O–H groups in total. The molecule has 0 spiro atoms. The highest BCUT2D eigenvalue weighted by Gasteiger charge is 2.52. The van der Waals surface area contributed by atoms with Gasteiger partial charge in [0.1, 0.15) is 5.75 Å². The quantitative estimate of drug-likeness (QED) is 0.495. The zero-order chi connectivity index (χ0) is 18.5. The molecule has 1 fully saturated rings. The highest BCUT2D eigenvalue weighted by atomic mass is 32.2. The van der Waals surface area contributed by atoms with Crippen molar-refractivity contribution < 1.29 is 36.3 Å². The minimum atomic E-state index is -4.08. The molecule has 1 amide bonds. The van der Waals surface area contributed by atoms with Gasteiger partial charge in [-0.15, -0.1) is 0 Å². The average Bonchev–Trinajstić information content (AvgIpc) is 2.66. The molecule has 0 saturated carbocycles. The van der Waals surface area contributed by atoms with E-state index in [4.69, 9.17) is 14.7 Å². The van der Waals surface area contributed by atoms with E-state index in [0.29, 0.717) is 5.75 Å². The number of ether oxygens (including phenoxy) is 2. The Bertz CT molecular complexity index is 726. The van der Waals surface area contributed by atoms with Gasteiger partial charge in [-0.3, -0.25) is 14.2 Å². The van der Waals surface area contributed by atoms with E-state index in [1.54, 1.807) is 0 Å². The third kappa shape index (κ3) is 4.01. The van der Waals surface area contributed by atoms with Crippen LogP contribution in [-0.4, -0.2) is 54.8 Å². The Balaban J connectivity index is 2.28. The minimum absolute atomic E-state index is 0.0627. The lowest BCUT2D eigenvalue weighted by Gasteiger charge is -2.34. The topological polar surface area (TPSA) is 128 Å². The van der Waals surface area contributed by atoms with Crippen LogP contribution in [0.1, 0.15) is 12.8 Å². The molecular weight excluding hydrogens is 374 g/mol. The Hall–Kier alpha value is -1.53. The van der Waals surface area contributed by atoms with E-state index in [1.165, 1.54) is 36.9 Å². The summed E-state index contributed by atoms with van der Waals surface area (Å²) < 4.78 is 50.3. The highest BCUT2D eigenvalue weighted by molar-refractivity contribution is 7.93. The van der Waals surface area contributed by atoms with Gasteiger partial charge >= 0.3 is 0 Å². The minimum Gasteiger partial charge on any atom is -0.478 e. The molecule has 1 atom stereocenters. The van der Waals surface area contributed by atoms with Crippen molar-refractivity contribution in [2.45, 2.75) is 22.5 Å². The zero-order valence-corrected chi connectivity index (χ0v) is 15.1. The van der Waals surface area contributed by atoms with Gasteiger partial charge in [0.05, 0.1) is 12.0 Å². The molecule has 1 unspecified atom stereocenters. The van der Waals surface area contributed by atoms with Crippen molar-refractivity contribution in [2.24, 2.45) is 0 Å². The summed E-state index contributed by atoms with van der Waals surface area (Å²) >= 11 is -1.60. The van der Waals surface area contributed by atoms with Crippen LogP contribution in [0.4, 0.5) is 0 Å². The number of sulfone groups is 1. The molecule has 0 bridgehead atoms. The molecule has 140 valence electrons. The summed E-state index contributed by atoms with van der Waals surface area (Å²) in [5.74, 6) is -0.875. The molecule has 0 radical (unpaired) electrons. The van der Waals surface area contributed by atoms with E-state index >= 15 is 0 Å². The van der Waals surface area contributed by atoms with Crippen LogP contribution in [0.5, 0.6) is 5.75 Å². The summed E-state index contributed by atoms with van der Waals surface area (Å²) in [4.78, 5) is 12.0. The van der Waals surface area contributed by atoms with E-state index < -0.39 is 31.6 Å². The number of rotatable bonds is 7. The van der Waals surface area contributed by atoms with Crippen molar-refractivity contribution in [1.29, 1.82) is 0 Å². The van der Waals surface area contributed by atoms with Gasteiger partial charge in [0.2, 0.25) is 0 Å². The maximum Gasteiger partial charge on any atom is 0.265 e. The van der Waals surface area contributed by atoms with Crippen LogP contribution in [0.15, 0.2) is 29.2 Å². The third-order valence-electron chi connectivity index (χ3n) is 3.97. The van der Waals surface area contributed by atoms with Crippen molar-refractivity contribution in [3.05, 3.63) is 24.3 Å². The van der Waals surface area contributed by atoms with E-state index in [0.717, 1.165) is 0 Å². The molecular formula is C14H19NO8S2. The summed E-state index contributed by atoms with van der Waals surface area (Å²) in [5.41, 5.74) is 1.46. The van der Waals surface area contributed by atoms with Gasteiger partial charge in [0, 0.05) is 13.2 Å². The monoisotopic (exact) mass is 393 g/mol. The predicted molar refractivity (Wildman–Crippen MR) is 87.0 cm³/mol. The summed E-state index contributed by atoms with van der Waals surface area (Å²) in [6.45, 7) is 0.188. The summed E-state index contributed by atoms with van der Waals surface area (Å²) in [5, 5.41) is 8.99. The van der Waals surface area contributed by atoms with Crippen molar-refractivity contribution in [1.82, 2.24) is 5.48 Å². The van der Waals surface area contributed by atoms with E-state index in [2.05, 4.69) is 4.18 Å². The number of carbonyl (C=O) groups excluding carboxylic acids is 1. The molecule has 1 heterocycles. The Morgan fingerprint density at radius 3 is 2.44 bits per heavy atom. The van der Waals surface area contributed by atoms with Gasteiger partial charge in [0.15, 0.2) is 31.6 Å². The molecule has 1 aromatic rings. The summed E-state index contributed by atoms with van der Waals surface area (Å²) in [6, 6.07) is 5.37. The molecule has 1 saturated heterocycles. The number of carbonyl (C=O) groups is 1. The van der Waals surface area contributed by atoms with Crippen LogP contribution in [0.25, 0.3) is 0 Å².